The first-order chi connectivity index (χ1) is 14.9. The highest BCUT2D eigenvalue weighted by molar-refractivity contribution is 7.89. The standard InChI is InChI=1S/C20H20F4N2O5S/c1-20(28)4-6-31-7-5-26(11-20)32(29,30)17-8-12(2-3-14(17)21)19(27)25-13-9-15(22)18(24)16(23)10-13/h2-3,8-10,28H,4-7,11H2,1H3,(H,25,27). The second kappa shape index (κ2) is 9.14. The van der Waals surface area contributed by atoms with Gasteiger partial charge in [-0.3, -0.25) is 4.79 Å². The third-order valence-corrected chi connectivity index (χ3v) is 6.70. The summed E-state index contributed by atoms with van der Waals surface area (Å²) in [5.41, 5.74) is -2.17. The van der Waals surface area contributed by atoms with Gasteiger partial charge in [0.15, 0.2) is 17.5 Å². The highest BCUT2D eigenvalue weighted by Gasteiger charge is 2.35. The monoisotopic (exact) mass is 476 g/mol. The maximum Gasteiger partial charge on any atom is 0.255 e. The molecule has 1 fully saturated rings. The Morgan fingerprint density at radius 1 is 1.09 bits per heavy atom. The van der Waals surface area contributed by atoms with Crippen LogP contribution in [0.25, 0.3) is 0 Å². The fourth-order valence-corrected chi connectivity index (χ4v) is 4.75. The molecule has 3 rings (SSSR count). The number of nitrogens with one attached hydrogen (secondary N) is 1. The van der Waals surface area contributed by atoms with Gasteiger partial charge in [-0.1, -0.05) is 0 Å². The number of sulfonamides is 1. The van der Waals surface area contributed by atoms with E-state index in [1.807, 2.05) is 0 Å². The Hall–Kier alpha value is -2.54. The van der Waals surface area contributed by atoms with Crippen molar-refractivity contribution in [2.75, 3.05) is 31.6 Å². The molecule has 1 amide bonds. The van der Waals surface area contributed by atoms with Crippen LogP contribution >= 0.6 is 0 Å². The number of hydrogen-bond donors (Lipinski definition) is 2. The molecule has 1 aliphatic rings. The van der Waals surface area contributed by atoms with E-state index in [2.05, 4.69) is 5.32 Å². The highest BCUT2D eigenvalue weighted by Crippen LogP contribution is 2.25. The van der Waals surface area contributed by atoms with Gasteiger partial charge < -0.3 is 15.2 Å². The molecule has 1 unspecified atom stereocenters. The Kier molecular flexibility index (Phi) is 6.89. The Bertz CT molecular complexity index is 1120. The fraction of sp³-hybridized carbons (Fsp3) is 0.350. The van der Waals surface area contributed by atoms with Gasteiger partial charge in [-0.15, -0.1) is 0 Å². The van der Waals surface area contributed by atoms with Crippen molar-refractivity contribution >= 4 is 21.6 Å². The van der Waals surface area contributed by atoms with Gasteiger partial charge in [0, 0.05) is 49.5 Å². The highest BCUT2D eigenvalue weighted by atomic mass is 32.2. The molecule has 0 spiro atoms. The van der Waals surface area contributed by atoms with Crippen molar-refractivity contribution in [1.82, 2.24) is 4.31 Å². The van der Waals surface area contributed by atoms with E-state index in [0.29, 0.717) is 12.1 Å². The smallest absolute Gasteiger partial charge is 0.255 e. The Balaban J connectivity index is 1.91. The van der Waals surface area contributed by atoms with E-state index in [-0.39, 0.29) is 38.3 Å². The van der Waals surface area contributed by atoms with E-state index in [0.717, 1.165) is 22.5 Å². The number of β-amino-alcohol motifs (C(OH)–C–C–N with tert-alkyl or cyclic N) is 1. The number of hydrogen-bond acceptors (Lipinski definition) is 5. The van der Waals surface area contributed by atoms with Crippen molar-refractivity contribution < 1.29 is 40.6 Å². The quantitative estimate of drug-likeness (QED) is 0.523. The van der Waals surface area contributed by atoms with E-state index in [9.17, 15) is 35.9 Å². The van der Waals surface area contributed by atoms with Crippen LogP contribution in [0.15, 0.2) is 35.2 Å². The van der Waals surface area contributed by atoms with Crippen LogP contribution in [0.2, 0.25) is 0 Å². The van der Waals surface area contributed by atoms with E-state index < -0.39 is 55.4 Å². The van der Waals surface area contributed by atoms with Crippen molar-refractivity contribution in [1.29, 1.82) is 0 Å². The van der Waals surface area contributed by atoms with E-state index in [1.165, 1.54) is 6.92 Å². The molecule has 2 aromatic rings. The van der Waals surface area contributed by atoms with Crippen LogP contribution in [-0.2, 0) is 14.8 Å². The largest absolute Gasteiger partial charge is 0.389 e. The number of carbonyl (C=O) groups excluding carboxylic acids is 1. The molecule has 174 valence electrons. The number of anilines is 1. The molecule has 32 heavy (non-hydrogen) atoms. The number of carbonyl (C=O) groups is 1. The summed E-state index contributed by atoms with van der Waals surface area (Å²) in [6, 6.07) is 3.59. The van der Waals surface area contributed by atoms with Crippen LogP contribution in [0.4, 0.5) is 23.2 Å². The fourth-order valence-electron chi connectivity index (χ4n) is 3.12. The van der Waals surface area contributed by atoms with Gasteiger partial charge in [0.2, 0.25) is 10.0 Å². The molecule has 0 aliphatic carbocycles. The third-order valence-electron chi connectivity index (χ3n) is 4.84. The molecule has 0 radical (unpaired) electrons. The van der Waals surface area contributed by atoms with Crippen LogP contribution in [0, 0.1) is 23.3 Å². The van der Waals surface area contributed by atoms with Gasteiger partial charge in [0.25, 0.3) is 5.91 Å². The summed E-state index contributed by atoms with van der Waals surface area (Å²) in [5.74, 6) is -6.92. The summed E-state index contributed by atoms with van der Waals surface area (Å²) in [7, 11) is -4.48. The van der Waals surface area contributed by atoms with Crippen LogP contribution in [0.1, 0.15) is 23.7 Å². The van der Waals surface area contributed by atoms with Crippen molar-refractivity contribution in [2.24, 2.45) is 0 Å². The lowest BCUT2D eigenvalue weighted by Crippen LogP contribution is -2.47. The third kappa shape index (κ3) is 5.26. The molecule has 0 bridgehead atoms. The maximum atomic E-state index is 14.5. The first-order valence-corrected chi connectivity index (χ1v) is 10.9. The van der Waals surface area contributed by atoms with Crippen molar-refractivity contribution in [3.8, 4) is 0 Å². The number of amides is 1. The second-order valence-corrected chi connectivity index (χ2v) is 9.46. The van der Waals surface area contributed by atoms with Crippen LogP contribution in [0.5, 0.6) is 0 Å². The number of rotatable bonds is 4. The molecule has 2 aromatic carbocycles. The minimum Gasteiger partial charge on any atom is -0.389 e. The topological polar surface area (TPSA) is 95.9 Å². The molecule has 1 saturated heterocycles. The second-order valence-electron chi connectivity index (χ2n) is 7.55. The van der Waals surface area contributed by atoms with Gasteiger partial charge in [0.1, 0.15) is 10.7 Å². The Morgan fingerprint density at radius 2 is 1.75 bits per heavy atom. The molecule has 1 heterocycles. The van der Waals surface area contributed by atoms with Gasteiger partial charge in [0.05, 0.1) is 12.2 Å². The molecule has 1 atom stereocenters. The molecule has 7 nitrogen and oxygen atoms in total. The first kappa shape index (κ1) is 24.1. The number of halogens is 4. The SMILES string of the molecule is CC1(O)CCOCCN(S(=O)(=O)c2cc(C(=O)Nc3cc(F)c(F)c(F)c3)ccc2F)C1. The molecular weight excluding hydrogens is 456 g/mol. The van der Waals surface area contributed by atoms with Gasteiger partial charge in [-0.05, 0) is 25.1 Å². The maximum absolute atomic E-state index is 14.5. The van der Waals surface area contributed by atoms with Crippen LogP contribution in [-0.4, -0.2) is 55.6 Å². The lowest BCUT2D eigenvalue weighted by Gasteiger charge is -2.33. The minimum absolute atomic E-state index is 0.0266. The minimum atomic E-state index is -4.48. The van der Waals surface area contributed by atoms with E-state index >= 15 is 0 Å². The van der Waals surface area contributed by atoms with Crippen molar-refractivity contribution in [3.63, 3.8) is 0 Å². The lowest BCUT2D eigenvalue weighted by atomic mass is 10.0. The summed E-state index contributed by atoms with van der Waals surface area (Å²) in [6.45, 7) is 1.21. The number of ether oxygens (including phenoxy) is 1. The molecule has 0 aromatic heterocycles. The molecule has 1 aliphatic heterocycles. The van der Waals surface area contributed by atoms with Gasteiger partial charge >= 0.3 is 0 Å². The van der Waals surface area contributed by atoms with Gasteiger partial charge in [-0.25, -0.2) is 26.0 Å². The van der Waals surface area contributed by atoms with E-state index in [1.54, 1.807) is 0 Å². The zero-order chi connectivity index (χ0) is 23.7. The van der Waals surface area contributed by atoms with Gasteiger partial charge in [-0.2, -0.15) is 4.31 Å². The van der Waals surface area contributed by atoms with Crippen LogP contribution in [0.3, 0.4) is 0 Å². The summed E-state index contributed by atoms with van der Waals surface area (Å²) in [4.78, 5) is 11.6. The normalized spacial score (nSPS) is 20.4. The number of aliphatic hydroxyl groups is 1. The molecule has 0 saturated carbocycles. The summed E-state index contributed by atoms with van der Waals surface area (Å²) in [6.07, 6.45) is 0.161. The summed E-state index contributed by atoms with van der Waals surface area (Å²) < 4.78 is 86.5. The number of nitrogens with zero attached hydrogens (tertiary/aromatic N) is 1. The zero-order valence-electron chi connectivity index (χ0n) is 16.9. The zero-order valence-corrected chi connectivity index (χ0v) is 17.7. The first-order valence-electron chi connectivity index (χ1n) is 9.46. The summed E-state index contributed by atoms with van der Waals surface area (Å²) in [5, 5.41) is 12.5. The number of benzene rings is 2. The molecule has 2 N–H and O–H groups in total. The van der Waals surface area contributed by atoms with Crippen molar-refractivity contribution in [2.45, 2.75) is 23.8 Å². The summed E-state index contributed by atoms with van der Waals surface area (Å²) >= 11 is 0. The van der Waals surface area contributed by atoms with Crippen LogP contribution < -0.4 is 5.32 Å². The van der Waals surface area contributed by atoms with Crippen molar-refractivity contribution in [3.05, 3.63) is 59.2 Å². The predicted octanol–water partition coefficient (Wildman–Crippen LogP) is 2.66. The average Bonchev–Trinajstić information content (AvgIpc) is 2.69. The molecular formula is C20H20F4N2O5S. The van der Waals surface area contributed by atoms with E-state index in [4.69, 9.17) is 4.74 Å². The Morgan fingerprint density at radius 3 is 2.41 bits per heavy atom. The average molecular weight is 476 g/mol. The predicted molar refractivity (Wildman–Crippen MR) is 105 cm³/mol. The Labute approximate surface area is 181 Å². The lowest BCUT2D eigenvalue weighted by molar-refractivity contribution is -0.0199. The molecule has 12 heteroatoms.